The minimum Gasteiger partial charge on any atom is -0.479 e. The van der Waals surface area contributed by atoms with Crippen molar-refractivity contribution < 1.29 is 14.3 Å². The molecule has 0 radical (unpaired) electrons. The van der Waals surface area contributed by atoms with Crippen molar-refractivity contribution in [1.82, 2.24) is 24.9 Å². The van der Waals surface area contributed by atoms with Crippen LogP contribution in [0, 0.1) is 0 Å². The highest BCUT2D eigenvalue weighted by atomic mass is 16.5. The molecule has 1 unspecified atom stereocenters. The van der Waals surface area contributed by atoms with E-state index in [1.54, 1.807) is 28.9 Å². The SMILES string of the molecule is COc1nn(C)cc1C(=O)N1CCC(Oc2ccc(N(C)C)nn2)C1. The van der Waals surface area contributed by atoms with E-state index < -0.39 is 0 Å². The molecule has 0 aliphatic carbocycles. The van der Waals surface area contributed by atoms with Gasteiger partial charge in [0, 0.05) is 46.4 Å². The molecule has 0 spiro atoms. The summed E-state index contributed by atoms with van der Waals surface area (Å²) >= 11 is 0. The van der Waals surface area contributed by atoms with Crippen molar-refractivity contribution in [1.29, 1.82) is 0 Å². The number of nitrogens with zero attached hydrogens (tertiary/aromatic N) is 6. The summed E-state index contributed by atoms with van der Waals surface area (Å²) in [4.78, 5) is 16.3. The van der Waals surface area contributed by atoms with Crippen molar-refractivity contribution in [2.45, 2.75) is 12.5 Å². The van der Waals surface area contributed by atoms with Gasteiger partial charge in [0.2, 0.25) is 11.8 Å². The highest BCUT2D eigenvalue weighted by molar-refractivity contribution is 5.96. The summed E-state index contributed by atoms with van der Waals surface area (Å²) in [7, 11) is 7.06. The number of rotatable bonds is 5. The Labute approximate surface area is 146 Å². The van der Waals surface area contributed by atoms with E-state index in [4.69, 9.17) is 9.47 Å². The number of ether oxygens (including phenoxy) is 2. The maximum atomic E-state index is 12.7. The van der Waals surface area contributed by atoms with E-state index in [0.717, 1.165) is 12.2 Å². The third-order valence-corrected chi connectivity index (χ3v) is 4.02. The van der Waals surface area contributed by atoms with Gasteiger partial charge in [-0.1, -0.05) is 0 Å². The minimum atomic E-state index is -0.106. The van der Waals surface area contributed by atoms with E-state index in [0.29, 0.717) is 30.4 Å². The van der Waals surface area contributed by atoms with Gasteiger partial charge in [0.05, 0.1) is 13.7 Å². The zero-order valence-corrected chi connectivity index (χ0v) is 14.8. The number of amides is 1. The minimum absolute atomic E-state index is 0.105. The summed E-state index contributed by atoms with van der Waals surface area (Å²) in [6, 6.07) is 3.64. The molecule has 9 nitrogen and oxygen atoms in total. The molecule has 25 heavy (non-hydrogen) atoms. The van der Waals surface area contributed by atoms with E-state index in [1.807, 2.05) is 25.1 Å². The van der Waals surface area contributed by atoms with E-state index >= 15 is 0 Å². The molecule has 1 atom stereocenters. The summed E-state index contributed by atoms with van der Waals surface area (Å²) in [5, 5.41) is 12.3. The summed E-state index contributed by atoms with van der Waals surface area (Å²) in [5.74, 6) is 1.45. The van der Waals surface area contributed by atoms with Crippen molar-refractivity contribution in [3.8, 4) is 11.8 Å². The second kappa shape index (κ2) is 6.96. The van der Waals surface area contributed by atoms with Gasteiger partial charge in [-0.2, -0.15) is 0 Å². The fourth-order valence-electron chi connectivity index (χ4n) is 2.73. The van der Waals surface area contributed by atoms with Gasteiger partial charge < -0.3 is 19.3 Å². The standard InChI is InChI=1S/C16H22N6O3/c1-20(2)13-5-6-14(18-17-13)25-11-7-8-22(9-11)16(23)12-10-21(3)19-15(12)24-4/h5-6,10-11H,7-9H2,1-4H3. The maximum absolute atomic E-state index is 12.7. The molecule has 3 heterocycles. The summed E-state index contributed by atoms with van der Waals surface area (Å²) in [6.07, 6.45) is 2.30. The predicted octanol–water partition coefficient (Wildman–Crippen LogP) is 0.578. The van der Waals surface area contributed by atoms with Crippen LogP contribution in [0.15, 0.2) is 18.3 Å². The van der Waals surface area contributed by atoms with Gasteiger partial charge in [-0.3, -0.25) is 9.48 Å². The number of carbonyl (C=O) groups is 1. The number of anilines is 1. The molecule has 1 saturated heterocycles. The molecule has 1 aliphatic heterocycles. The lowest BCUT2D eigenvalue weighted by Crippen LogP contribution is -2.31. The van der Waals surface area contributed by atoms with Crippen molar-refractivity contribution in [2.24, 2.45) is 7.05 Å². The first-order chi connectivity index (χ1) is 12.0. The highest BCUT2D eigenvalue weighted by Gasteiger charge is 2.31. The normalized spacial score (nSPS) is 16.8. The number of methoxy groups -OCH3 is 1. The monoisotopic (exact) mass is 346 g/mol. The molecule has 0 bridgehead atoms. The van der Waals surface area contributed by atoms with Crippen LogP contribution in [-0.4, -0.2) is 71.2 Å². The van der Waals surface area contributed by atoms with Crippen molar-refractivity contribution in [3.63, 3.8) is 0 Å². The summed E-state index contributed by atoms with van der Waals surface area (Å²) in [5.41, 5.74) is 0.459. The third kappa shape index (κ3) is 3.65. The Morgan fingerprint density at radius 2 is 2.12 bits per heavy atom. The molecule has 0 N–H and O–H groups in total. The Bertz CT molecular complexity index is 743. The predicted molar refractivity (Wildman–Crippen MR) is 91.1 cm³/mol. The van der Waals surface area contributed by atoms with Crippen LogP contribution in [0.3, 0.4) is 0 Å². The van der Waals surface area contributed by atoms with Crippen LogP contribution in [0.1, 0.15) is 16.8 Å². The molecule has 1 fully saturated rings. The first-order valence-corrected chi connectivity index (χ1v) is 8.02. The van der Waals surface area contributed by atoms with Crippen molar-refractivity contribution in [2.75, 3.05) is 39.2 Å². The summed E-state index contributed by atoms with van der Waals surface area (Å²) in [6.45, 7) is 1.11. The van der Waals surface area contributed by atoms with E-state index in [1.165, 1.54) is 7.11 Å². The molecule has 2 aromatic rings. The van der Waals surface area contributed by atoms with Gasteiger partial charge in [0.15, 0.2) is 5.82 Å². The van der Waals surface area contributed by atoms with Crippen molar-refractivity contribution >= 4 is 11.7 Å². The second-order valence-electron chi connectivity index (χ2n) is 6.13. The fraction of sp³-hybridized carbons (Fsp3) is 0.500. The van der Waals surface area contributed by atoms with E-state index in [2.05, 4.69) is 15.3 Å². The van der Waals surface area contributed by atoms with Crippen LogP contribution < -0.4 is 14.4 Å². The zero-order chi connectivity index (χ0) is 18.0. The first kappa shape index (κ1) is 17.0. The molecular formula is C16H22N6O3. The highest BCUT2D eigenvalue weighted by Crippen LogP contribution is 2.22. The largest absolute Gasteiger partial charge is 0.479 e. The van der Waals surface area contributed by atoms with Crippen LogP contribution in [0.5, 0.6) is 11.8 Å². The molecule has 1 amide bonds. The van der Waals surface area contributed by atoms with Gasteiger partial charge in [0.25, 0.3) is 5.91 Å². The molecule has 1 aliphatic rings. The second-order valence-corrected chi connectivity index (χ2v) is 6.13. The fourth-order valence-corrected chi connectivity index (χ4v) is 2.73. The average molecular weight is 346 g/mol. The average Bonchev–Trinajstić information content (AvgIpc) is 3.21. The number of hydrogen-bond donors (Lipinski definition) is 0. The molecule has 3 rings (SSSR count). The van der Waals surface area contributed by atoms with Crippen LogP contribution >= 0.6 is 0 Å². The van der Waals surface area contributed by atoms with E-state index in [-0.39, 0.29) is 12.0 Å². The number of aryl methyl sites for hydroxylation is 1. The Kier molecular flexibility index (Phi) is 4.73. The van der Waals surface area contributed by atoms with Gasteiger partial charge in [0.1, 0.15) is 11.7 Å². The number of aromatic nitrogens is 4. The number of carbonyl (C=O) groups excluding carboxylic acids is 1. The van der Waals surface area contributed by atoms with Crippen LogP contribution in [0.25, 0.3) is 0 Å². The van der Waals surface area contributed by atoms with Gasteiger partial charge in [-0.15, -0.1) is 15.3 Å². The Balaban J connectivity index is 1.62. The number of likely N-dealkylation sites (tertiary alicyclic amines) is 1. The molecule has 134 valence electrons. The first-order valence-electron chi connectivity index (χ1n) is 8.02. The van der Waals surface area contributed by atoms with Crippen LogP contribution in [0.4, 0.5) is 5.82 Å². The lowest BCUT2D eigenvalue weighted by molar-refractivity contribution is 0.0767. The quantitative estimate of drug-likeness (QED) is 0.783. The zero-order valence-electron chi connectivity index (χ0n) is 14.8. The topological polar surface area (TPSA) is 85.6 Å². The van der Waals surface area contributed by atoms with E-state index in [9.17, 15) is 4.79 Å². The number of hydrogen-bond acceptors (Lipinski definition) is 7. The molecule has 0 aromatic carbocycles. The van der Waals surface area contributed by atoms with Crippen LogP contribution in [0.2, 0.25) is 0 Å². The van der Waals surface area contributed by atoms with Gasteiger partial charge >= 0.3 is 0 Å². The Morgan fingerprint density at radius 3 is 2.76 bits per heavy atom. The lowest BCUT2D eigenvalue weighted by Gasteiger charge is -2.17. The van der Waals surface area contributed by atoms with Crippen LogP contribution in [-0.2, 0) is 7.05 Å². The molecule has 9 heteroatoms. The maximum Gasteiger partial charge on any atom is 0.261 e. The molecule has 2 aromatic heterocycles. The molecular weight excluding hydrogens is 324 g/mol. The molecule has 0 saturated carbocycles. The smallest absolute Gasteiger partial charge is 0.261 e. The van der Waals surface area contributed by atoms with Gasteiger partial charge in [-0.25, -0.2) is 0 Å². The van der Waals surface area contributed by atoms with Crippen molar-refractivity contribution in [3.05, 3.63) is 23.9 Å². The van der Waals surface area contributed by atoms with Gasteiger partial charge in [-0.05, 0) is 6.07 Å². The Morgan fingerprint density at radius 1 is 1.32 bits per heavy atom. The third-order valence-electron chi connectivity index (χ3n) is 4.02. The summed E-state index contributed by atoms with van der Waals surface area (Å²) < 4.78 is 12.6. The lowest BCUT2D eigenvalue weighted by atomic mass is 10.3. The Hall–Kier alpha value is -2.84.